The molecule has 1 aromatic rings. The summed E-state index contributed by atoms with van der Waals surface area (Å²) in [6, 6.07) is 10.4. The van der Waals surface area contributed by atoms with Crippen LogP contribution in [0, 0.1) is 11.8 Å². The van der Waals surface area contributed by atoms with Gasteiger partial charge in [-0.1, -0.05) is 30.3 Å². The second-order valence-electron chi connectivity index (χ2n) is 3.10. The third-order valence-electron chi connectivity index (χ3n) is 2.14. The minimum Gasteiger partial charge on any atom is -0.271 e. The zero-order valence-electron chi connectivity index (χ0n) is 8.46. The molecule has 14 heavy (non-hydrogen) atoms. The second-order valence-corrected chi connectivity index (χ2v) is 3.10. The average Bonchev–Trinajstić information content (AvgIpc) is 2.26. The zero-order chi connectivity index (χ0) is 10.2. The largest absolute Gasteiger partial charge is 0.271 e. The van der Waals surface area contributed by atoms with Crippen molar-refractivity contribution in [3.05, 3.63) is 35.9 Å². The minimum absolute atomic E-state index is 0.206. The van der Waals surface area contributed by atoms with Crippen LogP contribution in [0.5, 0.6) is 0 Å². The molecule has 0 aliphatic rings. The molecule has 0 aliphatic carbocycles. The Morgan fingerprint density at radius 2 is 2.07 bits per heavy atom. The van der Waals surface area contributed by atoms with Crippen LogP contribution in [0.25, 0.3) is 0 Å². The van der Waals surface area contributed by atoms with Gasteiger partial charge in [0.2, 0.25) is 0 Å². The van der Waals surface area contributed by atoms with Crippen molar-refractivity contribution in [2.75, 3.05) is 0 Å². The molecule has 0 bridgehead atoms. The fourth-order valence-electron chi connectivity index (χ4n) is 1.37. The van der Waals surface area contributed by atoms with Crippen LogP contribution in [0.4, 0.5) is 0 Å². The topological polar surface area (TPSA) is 38.0 Å². The summed E-state index contributed by atoms with van der Waals surface area (Å²) in [5, 5.41) is 0. The average molecular weight is 188 g/mol. The maximum atomic E-state index is 5.49. The van der Waals surface area contributed by atoms with Gasteiger partial charge in [0.15, 0.2) is 0 Å². The molecule has 0 saturated heterocycles. The molecule has 0 spiro atoms. The molecule has 74 valence electrons. The van der Waals surface area contributed by atoms with Gasteiger partial charge in [0.1, 0.15) is 0 Å². The Labute approximate surface area is 85.5 Å². The van der Waals surface area contributed by atoms with Crippen LogP contribution in [-0.4, -0.2) is 0 Å². The predicted octanol–water partition coefficient (Wildman–Crippen LogP) is 1.99. The smallest absolute Gasteiger partial charge is 0.0469 e. The maximum Gasteiger partial charge on any atom is 0.0469 e. The van der Waals surface area contributed by atoms with Crippen LogP contribution in [0.1, 0.15) is 31.4 Å². The van der Waals surface area contributed by atoms with Gasteiger partial charge in [0.25, 0.3) is 0 Å². The lowest BCUT2D eigenvalue weighted by Crippen LogP contribution is -2.27. The lowest BCUT2D eigenvalue weighted by Gasteiger charge is -2.14. The summed E-state index contributed by atoms with van der Waals surface area (Å²) in [7, 11) is 0. The van der Waals surface area contributed by atoms with E-state index in [1.165, 1.54) is 5.56 Å². The van der Waals surface area contributed by atoms with Crippen LogP contribution < -0.4 is 11.3 Å². The van der Waals surface area contributed by atoms with Gasteiger partial charge in [-0.15, -0.1) is 11.8 Å². The number of nitrogens with one attached hydrogen (secondary N) is 1. The fraction of sp³-hybridized carbons (Fsp3) is 0.333. The highest BCUT2D eigenvalue weighted by Crippen LogP contribution is 2.16. The number of hydrazine groups is 1. The minimum atomic E-state index is 0.206. The molecule has 2 heteroatoms. The van der Waals surface area contributed by atoms with Gasteiger partial charge in [-0.2, -0.15) is 0 Å². The molecule has 2 nitrogen and oxygen atoms in total. The van der Waals surface area contributed by atoms with Gasteiger partial charge in [-0.05, 0) is 18.9 Å². The second kappa shape index (κ2) is 6.20. The summed E-state index contributed by atoms with van der Waals surface area (Å²) in [6.45, 7) is 1.85. The van der Waals surface area contributed by atoms with Crippen molar-refractivity contribution in [2.45, 2.75) is 25.8 Å². The zero-order valence-corrected chi connectivity index (χ0v) is 8.46. The number of hydrogen-bond acceptors (Lipinski definition) is 2. The number of rotatable bonds is 4. The number of benzene rings is 1. The summed E-state index contributed by atoms with van der Waals surface area (Å²) in [5.74, 6) is 11.4. The van der Waals surface area contributed by atoms with Crippen molar-refractivity contribution in [1.82, 2.24) is 5.43 Å². The van der Waals surface area contributed by atoms with Crippen LogP contribution >= 0.6 is 0 Å². The lowest BCUT2D eigenvalue weighted by atomic mass is 10.0. The molecule has 0 saturated carbocycles. The first-order valence-electron chi connectivity index (χ1n) is 4.79. The summed E-state index contributed by atoms with van der Waals surface area (Å²) >= 11 is 0. The Hall–Kier alpha value is -1.30. The Morgan fingerprint density at radius 3 is 2.64 bits per heavy atom. The van der Waals surface area contributed by atoms with E-state index in [0.717, 1.165) is 12.8 Å². The van der Waals surface area contributed by atoms with Crippen LogP contribution in [0.3, 0.4) is 0 Å². The number of hydrogen-bond donors (Lipinski definition) is 2. The van der Waals surface area contributed by atoms with E-state index >= 15 is 0 Å². The highest BCUT2D eigenvalue weighted by atomic mass is 15.2. The van der Waals surface area contributed by atoms with E-state index in [9.17, 15) is 0 Å². The molecule has 0 heterocycles. The summed E-state index contributed by atoms with van der Waals surface area (Å²) in [6.07, 6.45) is 1.82. The third kappa shape index (κ3) is 3.21. The van der Waals surface area contributed by atoms with Crippen molar-refractivity contribution in [3.63, 3.8) is 0 Å². The van der Waals surface area contributed by atoms with E-state index < -0.39 is 0 Å². The third-order valence-corrected chi connectivity index (χ3v) is 2.14. The lowest BCUT2D eigenvalue weighted by molar-refractivity contribution is 0.524. The summed E-state index contributed by atoms with van der Waals surface area (Å²) in [4.78, 5) is 0. The highest BCUT2D eigenvalue weighted by molar-refractivity contribution is 5.18. The SMILES string of the molecule is CC#CCCC(NN)c1ccccc1. The van der Waals surface area contributed by atoms with Gasteiger partial charge in [-0.25, -0.2) is 0 Å². The summed E-state index contributed by atoms with van der Waals surface area (Å²) < 4.78 is 0. The van der Waals surface area contributed by atoms with Crippen molar-refractivity contribution in [1.29, 1.82) is 0 Å². The molecule has 0 aliphatic heterocycles. The standard InChI is InChI=1S/C12H16N2/c1-2-3-5-10-12(14-13)11-8-6-4-7-9-11/h4,6-9,12,14H,5,10,13H2,1H3. The predicted molar refractivity (Wildman–Crippen MR) is 59.2 cm³/mol. The van der Waals surface area contributed by atoms with Crippen LogP contribution in [-0.2, 0) is 0 Å². The van der Waals surface area contributed by atoms with E-state index in [4.69, 9.17) is 5.84 Å². The molecule has 0 radical (unpaired) electrons. The Balaban J connectivity index is 2.57. The molecule has 1 rings (SSSR count). The van der Waals surface area contributed by atoms with E-state index in [2.05, 4.69) is 29.4 Å². The Kier molecular flexibility index (Phi) is 4.77. The van der Waals surface area contributed by atoms with Gasteiger partial charge >= 0.3 is 0 Å². The molecular formula is C12H16N2. The van der Waals surface area contributed by atoms with Gasteiger partial charge in [-0.3, -0.25) is 11.3 Å². The van der Waals surface area contributed by atoms with Crippen molar-refractivity contribution < 1.29 is 0 Å². The first kappa shape index (κ1) is 10.8. The van der Waals surface area contributed by atoms with Crippen molar-refractivity contribution in [3.8, 4) is 11.8 Å². The molecule has 0 amide bonds. The Morgan fingerprint density at radius 1 is 1.36 bits per heavy atom. The molecule has 1 atom stereocenters. The van der Waals surface area contributed by atoms with Gasteiger partial charge in [0.05, 0.1) is 0 Å². The molecule has 1 unspecified atom stereocenters. The van der Waals surface area contributed by atoms with E-state index in [-0.39, 0.29) is 6.04 Å². The molecule has 3 N–H and O–H groups in total. The maximum absolute atomic E-state index is 5.49. The van der Waals surface area contributed by atoms with Gasteiger partial charge in [0, 0.05) is 12.5 Å². The quantitative estimate of drug-likeness (QED) is 0.431. The first-order chi connectivity index (χ1) is 6.88. The number of nitrogens with two attached hydrogens (primary N) is 1. The molecule has 0 fully saturated rings. The normalized spacial score (nSPS) is 11.6. The molecule has 1 aromatic carbocycles. The highest BCUT2D eigenvalue weighted by Gasteiger charge is 2.06. The van der Waals surface area contributed by atoms with Crippen LogP contribution in [0.15, 0.2) is 30.3 Å². The van der Waals surface area contributed by atoms with E-state index in [1.807, 2.05) is 25.1 Å². The van der Waals surface area contributed by atoms with Crippen LogP contribution in [0.2, 0.25) is 0 Å². The fourth-order valence-corrected chi connectivity index (χ4v) is 1.37. The van der Waals surface area contributed by atoms with E-state index in [1.54, 1.807) is 0 Å². The monoisotopic (exact) mass is 188 g/mol. The van der Waals surface area contributed by atoms with E-state index in [0.29, 0.717) is 0 Å². The summed E-state index contributed by atoms with van der Waals surface area (Å²) in [5.41, 5.74) is 4.03. The van der Waals surface area contributed by atoms with Gasteiger partial charge < -0.3 is 0 Å². The van der Waals surface area contributed by atoms with Crippen molar-refractivity contribution in [2.24, 2.45) is 5.84 Å². The first-order valence-corrected chi connectivity index (χ1v) is 4.79. The Bertz CT molecular complexity index is 308. The van der Waals surface area contributed by atoms with Crippen molar-refractivity contribution >= 4 is 0 Å². The molecule has 0 aromatic heterocycles. The molecular weight excluding hydrogens is 172 g/mol.